The predicted molar refractivity (Wildman–Crippen MR) is 122 cm³/mol. The molecule has 6 heteroatoms. The highest BCUT2D eigenvalue weighted by Crippen LogP contribution is 2.43. The minimum atomic E-state index is 0.248. The smallest absolute Gasteiger partial charge is 0.202 e. The van der Waals surface area contributed by atoms with Gasteiger partial charge in [-0.1, -0.05) is 67.3 Å². The predicted octanol–water partition coefficient (Wildman–Crippen LogP) is 5.89. The van der Waals surface area contributed by atoms with Crippen molar-refractivity contribution in [3.8, 4) is 0 Å². The number of piperidine rings is 1. The number of nitrogens with zero attached hydrogens (tertiary/aromatic N) is 3. The third-order valence-corrected chi connectivity index (χ3v) is 8.60. The third kappa shape index (κ3) is 6.26. The molecule has 1 aromatic carbocycles. The van der Waals surface area contributed by atoms with Gasteiger partial charge in [0.05, 0.1) is 6.54 Å². The molecule has 4 nitrogen and oxygen atoms in total. The Kier molecular flexibility index (Phi) is 8.30. The lowest BCUT2D eigenvalue weighted by Crippen LogP contribution is -2.28. The molecular weight excluding hydrogens is 384 g/mol. The van der Waals surface area contributed by atoms with Crippen molar-refractivity contribution in [1.29, 1.82) is 0 Å². The lowest BCUT2D eigenvalue weighted by Gasteiger charge is -2.24. The van der Waals surface area contributed by atoms with Crippen molar-refractivity contribution >= 4 is 21.6 Å². The average molecular weight is 419 g/mol. The van der Waals surface area contributed by atoms with Crippen molar-refractivity contribution in [1.82, 2.24) is 20.1 Å². The molecule has 154 valence electrons. The maximum absolute atomic E-state index is 4.66. The summed E-state index contributed by atoms with van der Waals surface area (Å²) in [6, 6.07) is 10.7. The van der Waals surface area contributed by atoms with Crippen LogP contribution in [0.5, 0.6) is 0 Å². The van der Waals surface area contributed by atoms with Gasteiger partial charge < -0.3 is 9.88 Å². The highest BCUT2D eigenvalue weighted by molar-refractivity contribution is 8.77. The van der Waals surface area contributed by atoms with E-state index in [2.05, 4.69) is 71.2 Å². The lowest BCUT2D eigenvalue weighted by atomic mass is 9.97. The van der Waals surface area contributed by atoms with Gasteiger partial charge >= 0.3 is 0 Å². The van der Waals surface area contributed by atoms with Crippen LogP contribution in [0.3, 0.4) is 0 Å². The van der Waals surface area contributed by atoms with Crippen LogP contribution >= 0.6 is 21.6 Å². The molecule has 0 bridgehead atoms. The molecule has 3 rings (SSSR count). The summed E-state index contributed by atoms with van der Waals surface area (Å²) in [6.07, 6.45) is 7.43. The number of hydrogen-bond acceptors (Lipinski definition) is 5. The Morgan fingerprint density at radius 3 is 2.57 bits per heavy atom. The van der Waals surface area contributed by atoms with E-state index in [1.54, 1.807) is 10.8 Å². The molecule has 0 radical (unpaired) electrons. The van der Waals surface area contributed by atoms with Gasteiger partial charge in [0.15, 0.2) is 0 Å². The number of rotatable bonds is 10. The molecule has 2 aromatic rings. The van der Waals surface area contributed by atoms with Crippen LogP contribution in [0.1, 0.15) is 76.6 Å². The van der Waals surface area contributed by atoms with E-state index in [-0.39, 0.29) is 4.75 Å². The van der Waals surface area contributed by atoms with Crippen molar-refractivity contribution in [2.75, 3.05) is 13.1 Å². The van der Waals surface area contributed by atoms with Crippen molar-refractivity contribution in [2.45, 2.75) is 81.7 Å². The average Bonchev–Trinajstić information content (AvgIpc) is 3.10. The molecule has 0 atom stereocenters. The molecule has 0 unspecified atom stereocenters. The van der Waals surface area contributed by atoms with E-state index >= 15 is 0 Å². The maximum atomic E-state index is 4.66. The van der Waals surface area contributed by atoms with Crippen LogP contribution in [0.2, 0.25) is 0 Å². The van der Waals surface area contributed by atoms with Crippen LogP contribution in [0, 0.1) is 0 Å². The van der Waals surface area contributed by atoms with Gasteiger partial charge in [0.1, 0.15) is 5.82 Å². The summed E-state index contributed by atoms with van der Waals surface area (Å²) < 4.78 is 2.61. The lowest BCUT2D eigenvalue weighted by molar-refractivity contribution is 0.430. The van der Waals surface area contributed by atoms with Gasteiger partial charge in [0.2, 0.25) is 5.16 Å². The maximum Gasteiger partial charge on any atom is 0.202 e. The second-order valence-electron chi connectivity index (χ2n) is 8.32. The van der Waals surface area contributed by atoms with E-state index in [9.17, 15) is 0 Å². The summed E-state index contributed by atoms with van der Waals surface area (Å²) in [5, 5.41) is 13.8. The zero-order valence-electron chi connectivity index (χ0n) is 17.5. The topological polar surface area (TPSA) is 42.7 Å². The molecule has 0 spiro atoms. The number of hydrogen-bond donors (Lipinski definition) is 1. The van der Waals surface area contributed by atoms with Crippen molar-refractivity contribution in [3.05, 3.63) is 41.7 Å². The number of aromatic nitrogens is 3. The summed E-state index contributed by atoms with van der Waals surface area (Å²) in [5.41, 5.74) is 1.31. The Morgan fingerprint density at radius 2 is 1.86 bits per heavy atom. The second-order valence-corrected chi connectivity index (χ2v) is 11.1. The molecule has 1 aromatic heterocycles. The van der Waals surface area contributed by atoms with Gasteiger partial charge in [-0.3, -0.25) is 0 Å². The molecule has 1 N–H and O–H groups in total. The molecule has 1 aliphatic rings. The molecule has 2 heterocycles. The van der Waals surface area contributed by atoms with Gasteiger partial charge in [-0.2, -0.15) is 0 Å². The van der Waals surface area contributed by atoms with E-state index in [0.29, 0.717) is 5.92 Å². The standard InChI is InChI=1S/C22H34N4S2/c1-4-5-9-14-22(2,3)28-27-21-25-24-20(19-12-15-23-16-13-19)26(21)17-18-10-7-6-8-11-18/h6-8,10-11,19,23H,4-5,9,12-17H2,1-3H3. The highest BCUT2D eigenvalue weighted by Gasteiger charge is 2.25. The van der Waals surface area contributed by atoms with Crippen LogP contribution in [-0.4, -0.2) is 32.6 Å². The zero-order valence-corrected chi connectivity index (χ0v) is 19.1. The summed E-state index contributed by atoms with van der Waals surface area (Å²) in [7, 11) is 3.75. The van der Waals surface area contributed by atoms with Crippen molar-refractivity contribution in [2.24, 2.45) is 0 Å². The quantitative estimate of drug-likeness (QED) is 0.385. The van der Waals surface area contributed by atoms with Gasteiger partial charge in [-0.25, -0.2) is 0 Å². The summed E-state index contributed by atoms with van der Waals surface area (Å²) in [6.45, 7) is 9.97. The molecule has 1 aliphatic heterocycles. The van der Waals surface area contributed by atoms with Gasteiger partial charge in [-0.15, -0.1) is 10.2 Å². The van der Waals surface area contributed by atoms with Crippen molar-refractivity contribution < 1.29 is 0 Å². The van der Waals surface area contributed by atoms with Crippen LogP contribution in [0.15, 0.2) is 35.5 Å². The Hall–Kier alpha value is -0.980. The first-order valence-corrected chi connectivity index (χ1v) is 12.8. The normalized spacial score (nSPS) is 15.8. The van der Waals surface area contributed by atoms with E-state index in [1.807, 2.05) is 10.8 Å². The third-order valence-electron chi connectivity index (χ3n) is 5.36. The largest absolute Gasteiger partial charge is 0.317 e. The zero-order chi connectivity index (χ0) is 19.8. The van der Waals surface area contributed by atoms with E-state index in [4.69, 9.17) is 0 Å². The minimum absolute atomic E-state index is 0.248. The molecule has 0 saturated carbocycles. The second kappa shape index (κ2) is 10.7. The number of unbranched alkanes of at least 4 members (excludes halogenated alkanes) is 2. The summed E-state index contributed by atoms with van der Waals surface area (Å²) in [4.78, 5) is 0. The van der Waals surface area contributed by atoms with E-state index < -0.39 is 0 Å². The minimum Gasteiger partial charge on any atom is -0.317 e. The molecule has 28 heavy (non-hydrogen) atoms. The molecular formula is C22H34N4S2. The van der Waals surface area contributed by atoms with Crippen LogP contribution in [0.25, 0.3) is 0 Å². The molecule has 0 aliphatic carbocycles. The highest BCUT2D eigenvalue weighted by atomic mass is 33.1. The first-order valence-electron chi connectivity index (χ1n) is 10.6. The first kappa shape index (κ1) is 21.7. The molecule has 1 saturated heterocycles. The first-order chi connectivity index (χ1) is 13.6. The van der Waals surface area contributed by atoms with Crippen LogP contribution in [-0.2, 0) is 6.54 Å². The van der Waals surface area contributed by atoms with Crippen molar-refractivity contribution in [3.63, 3.8) is 0 Å². The Balaban J connectivity index is 1.75. The van der Waals surface area contributed by atoms with E-state index in [0.717, 1.165) is 43.5 Å². The Morgan fingerprint density at radius 1 is 1.11 bits per heavy atom. The monoisotopic (exact) mass is 418 g/mol. The fourth-order valence-electron chi connectivity index (χ4n) is 3.65. The Bertz CT molecular complexity index is 709. The Labute approximate surface area is 178 Å². The van der Waals surface area contributed by atoms with E-state index in [1.165, 1.54) is 31.2 Å². The number of nitrogens with one attached hydrogen (secondary N) is 1. The SMILES string of the molecule is CCCCCC(C)(C)SSc1nnc(C2CCNCC2)n1Cc1ccccc1. The fourth-order valence-corrected chi connectivity index (χ4v) is 6.02. The number of benzene rings is 1. The van der Waals surface area contributed by atoms with Gasteiger partial charge in [0, 0.05) is 10.7 Å². The van der Waals surface area contributed by atoms with Crippen LogP contribution < -0.4 is 5.32 Å². The molecule has 1 fully saturated rings. The van der Waals surface area contributed by atoms with Gasteiger partial charge in [-0.05, 0) is 62.6 Å². The van der Waals surface area contributed by atoms with Crippen LogP contribution in [0.4, 0.5) is 0 Å². The summed E-state index contributed by atoms with van der Waals surface area (Å²) >= 11 is 0. The molecule has 0 amide bonds. The summed E-state index contributed by atoms with van der Waals surface area (Å²) in [5.74, 6) is 1.67. The fraction of sp³-hybridized carbons (Fsp3) is 0.636. The van der Waals surface area contributed by atoms with Gasteiger partial charge in [0.25, 0.3) is 0 Å².